The van der Waals surface area contributed by atoms with Crippen LogP contribution in [0.2, 0.25) is 0 Å². The van der Waals surface area contributed by atoms with Gasteiger partial charge in [-0.1, -0.05) is 34.1 Å². The molecule has 4 amide bonds. The number of urea groups is 1. The number of nitrogens with zero attached hydrogens (tertiary/aromatic N) is 2. The molecule has 1 saturated heterocycles. The fraction of sp³-hybridized carbons (Fsp3) is 0.0400. The van der Waals surface area contributed by atoms with Crippen LogP contribution in [-0.4, -0.2) is 17.8 Å². The molecule has 7 nitrogen and oxygen atoms in total. The van der Waals surface area contributed by atoms with Crippen molar-refractivity contribution >= 4 is 45.5 Å². The molecule has 1 fully saturated rings. The number of ether oxygens (including phenoxy) is 1. The summed E-state index contributed by atoms with van der Waals surface area (Å²) in [6, 6.07) is 17.9. The van der Waals surface area contributed by atoms with E-state index in [9.17, 15) is 24.0 Å². The number of barbiturate groups is 1. The van der Waals surface area contributed by atoms with Crippen molar-refractivity contribution in [3.8, 4) is 11.8 Å². The summed E-state index contributed by atoms with van der Waals surface area (Å²) in [4.78, 5) is 38.7. The molecule has 168 valence electrons. The Kier molecular flexibility index (Phi) is 6.52. The summed E-state index contributed by atoms with van der Waals surface area (Å²) in [7, 11) is 0. The standard InChI is InChI=1S/C25H15BrFN3O4/c26-18-5-10-22(34-14-16-4-2-1-3-15(16)13-28)17(11-18)12-21-23(31)29-25(33)30(24(21)32)20-8-6-19(27)7-9-20/h1-12H,14H2,(H,29,31,33)/b21-12+. The smallest absolute Gasteiger partial charge is 0.335 e. The van der Waals surface area contributed by atoms with Crippen LogP contribution < -0.4 is 15.0 Å². The second kappa shape index (κ2) is 9.68. The quantitative estimate of drug-likeness (QED) is 0.388. The lowest BCUT2D eigenvalue weighted by atomic mass is 10.1. The summed E-state index contributed by atoms with van der Waals surface area (Å²) in [5, 5.41) is 11.4. The Bertz CT molecular complexity index is 1380. The van der Waals surface area contributed by atoms with Gasteiger partial charge in [0.15, 0.2) is 0 Å². The number of amides is 4. The van der Waals surface area contributed by atoms with Gasteiger partial charge in [0, 0.05) is 15.6 Å². The molecule has 1 heterocycles. The average molecular weight is 520 g/mol. The molecule has 1 aliphatic rings. The molecule has 34 heavy (non-hydrogen) atoms. The van der Waals surface area contributed by atoms with Crippen LogP contribution in [0.3, 0.4) is 0 Å². The summed E-state index contributed by atoms with van der Waals surface area (Å²) in [6.45, 7) is 0.0852. The number of hydrogen-bond donors (Lipinski definition) is 1. The number of halogens is 2. The van der Waals surface area contributed by atoms with Crippen molar-refractivity contribution in [2.45, 2.75) is 6.61 Å². The first-order valence-electron chi connectivity index (χ1n) is 9.95. The zero-order valence-corrected chi connectivity index (χ0v) is 19.0. The first-order chi connectivity index (χ1) is 16.4. The minimum absolute atomic E-state index is 0.0852. The Morgan fingerprint density at radius 3 is 2.53 bits per heavy atom. The van der Waals surface area contributed by atoms with Gasteiger partial charge in [0.25, 0.3) is 11.8 Å². The molecule has 0 saturated carbocycles. The van der Waals surface area contributed by atoms with E-state index in [0.717, 1.165) is 17.0 Å². The molecular weight excluding hydrogens is 505 g/mol. The van der Waals surface area contributed by atoms with Gasteiger partial charge < -0.3 is 4.74 Å². The summed E-state index contributed by atoms with van der Waals surface area (Å²) in [5.41, 5.74) is 1.35. The van der Waals surface area contributed by atoms with Gasteiger partial charge in [-0.25, -0.2) is 14.1 Å². The van der Waals surface area contributed by atoms with Crippen LogP contribution in [0.15, 0.2) is 76.8 Å². The lowest BCUT2D eigenvalue weighted by Crippen LogP contribution is -2.54. The first kappa shape index (κ1) is 22.9. The first-order valence-corrected chi connectivity index (χ1v) is 10.7. The minimum atomic E-state index is -0.933. The van der Waals surface area contributed by atoms with Crippen molar-refractivity contribution in [1.82, 2.24) is 5.32 Å². The van der Waals surface area contributed by atoms with E-state index in [1.807, 2.05) is 0 Å². The molecule has 0 aromatic heterocycles. The second-order valence-corrected chi connectivity index (χ2v) is 8.09. The number of rotatable bonds is 5. The zero-order chi connectivity index (χ0) is 24.2. The average Bonchev–Trinajstić information content (AvgIpc) is 2.82. The molecule has 0 radical (unpaired) electrons. The van der Waals surface area contributed by atoms with E-state index in [2.05, 4.69) is 27.3 Å². The number of hydrogen-bond acceptors (Lipinski definition) is 5. The third-order valence-corrected chi connectivity index (χ3v) is 5.47. The van der Waals surface area contributed by atoms with Crippen LogP contribution in [0.5, 0.6) is 5.75 Å². The van der Waals surface area contributed by atoms with Gasteiger partial charge in [0.05, 0.1) is 17.3 Å². The van der Waals surface area contributed by atoms with E-state index < -0.39 is 23.7 Å². The molecule has 3 aromatic rings. The van der Waals surface area contributed by atoms with Crippen molar-refractivity contribution in [3.05, 3.63) is 99.3 Å². The van der Waals surface area contributed by atoms with Gasteiger partial charge in [-0.05, 0) is 54.6 Å². The minimum Gasteiger partial charge on any atom is -0.488 e. The maximum absolute atomic E-state index is 13.3. The monoisotopic (exact) mass is 519 g/mol. The highest BCUT2D eigenvalue weighted by Crippen LogP contribution is 2.29. The van der Waals surface area contributed by atoms with Gasteiger partial charge in [0.2, 0.25) is 0 Å². The van der Waals surface area contributed by atoms with Crippen molar-refractivity contribution in [1.29, 1.82) is 5.26 Å². The predicted molar refractivity (Wildman–Crippen MR) is 125 cm³/mol. The summed E-state index contributed by atoms with van der Waals surface area (Å²) >= 11 is 3.36. The fourth-order valence-electron chi connectivity index (χ4n) is 3.31. The molecule has 0 bridgehead atoms. The molecule has 9 heteroatoms. The van der Waals surface area contributed by atoms with Crippen LogP contribution in [-0.2, 0) is 16.2 Å². The SMILES string of the molecule is N#Cc1ccccc1COc1ccc(Br)cc1/C=C1\C(=O)NC(=O)N(c2ccc(F)cc2)C1=O. The van der Waals surface area contributed by atoms with Crippen molar-refractivity contribution in [2.75, 3.05) is 4.90 Å². The van der Waals surface area contributed by atoms with Crippen molar-refractivity contribution in [2.24, 2.45) is 0 Å². The van der Waals surface area contributed by atoms with Crippen LogP contribution >= 0.6 is 15.9 Å². The number of carbonyl (C=O) groups excluding carboxylic acids is 3. The molecule has 3 aromatic carbocycles. The molecule has 4 rings (SSSR count). The fourth-order valence-corrected chi connectivity index (χ4v) is 3.69. The largest absolute Gasteiger partial charge is 0.488 e. The van der Waals surface area contributed by atoms with Crippen LogP contribution in [0, 0.1) is 17.1 Å². The van der Waals surface area contributed by atoms with Gasteiger partial charge in [-0.2, -0.15) is 5.26 Å². The zero-order valence-electron chi connectivity index (χ0n) is 17.4. The lowest BCUT2D eigenvalue weighted by Gasteiger charge is -2.26. The maximum atomic E-state index is 13.3. The van der Waals surface area contributed by atoms with Crippen LogP contribution in [0.1, 0.15) is 16.7 Å². The molecule has 0 atom stereocenters. The number of anilines is 1. The third-order valence-electron chi connectivity index (χ3n) is 4.98. The summed E-state index contributed by atoms with van der Waals surface area (Å²) in [6.07, 6.45) is 1.32. The molecule has 1 N–H and O–H groups in total. The second-order valence-electron chi connectivity index (χ2n) is 7.17. The van der Waals surface area contributed by atoms with E-state index in [4.69, 9.17) is 4.74 Å². The Balaban J connectivity index is 1.68. The van der Waals surface area contributed by atoms with Gasteiger partial charge in [0.1, 0.15) is 23.7 Å². The highest BCUT2D eigenvalue weighted by Gasteiger charge is 2.37. The van der Waals surface area contributed by atoms with E-state index >= 15 is 0 Å². The molecule has 0 aliphatic carbocycles. The van der Waals surface area contributed by atoms with Crippen LogP contribution in [0.25, 0.3) is 6.08 Å². The Labute approximate surface area is 202 Å². The third kappa shape index (κ3) is 4.72. The molecule has 0 unspecified atom stereocenters. The van der Waals surface area contributed by atoms with E-state index in [1.165, 1.54) is 18.2 Å². The maximum Gasteiger partial charge on any atom is 0.335 e. The van der Waals surface area contributed by atoms with E-state index in [1.54, 1.807) is 42.5 Å². The van der Waals surface area contributed by atoms with E-state index in [0.29, 0.717) is 26.9 Å². The van der Waals surface area contributed by atoms with Crippen molar-refractivity contribution < 1.29 is 23.5 Å². The van der Waals surface area contributed by atoms with Gasteiger partial charge in [-0.3, -0.25) is 14.9 Å². The van der Waals surface area contributed by atoms with E-state index in [-0.39, 0.29) is 17.9 Å². The predicted octanol–water partition coefficient (Wildman–Crippen LogP) is 4.71. The number of nitrogens with one attached hydrogen (secondary N) is 1. The number of imide groups is 2. The Morgan fingerprint density at radius 2 is 1.79 bits per heavy atom. The summed E-state index contributed by atoms with van der Waals surface area (Å²) in [5.74, 6) is -1.90. The Morgan fingerprint density at radius 1 is 1.06 bits per heavy atom. The highest BCUT2D eigenvalue weighted by molar-refractivity contribution is 9.10. The van der Waals surface area contributed by atoms with Gasteiger partial charge >= 0.3 is 6.03 Å². The summed E-state index contributed by atoms with van der Waals surface area (Å²) < 4.78 is 19.9. The molecule has 1 aliphatic heterocycles. The molecule has 0 spiro atoms. The Hall–Kier alpha value is -4.29. The highest BCUT2D eigenvalue weighted by atomic mass is 79.9. The van der Waals surface area contributed by atoms with Crippen molar-refractivity contribution in [3.63, 3.8) is 0 Å². The molecular formula is C25H15BrFN3O4. The normalized spacial score (nSPS) is 14.7. The topological polar surface area (TPSA) is 99.5 Å². The van der Waals surface area contributed by atoms with Gasteiger partial charge in [-0.15, -0.1) is 0 Å². The van der Waals surface area contributed by atoms with Crippen LogP contribution in [0.4, 0.5) is 14.9 Å². The number of benzene rings is 3. The number of nitriles is 1. The lowest BCUT2D eigenvalue weighted by molar-refractivity contribution is -0.122. The number of carbonyl (C=O) groups is 3.